The Morgan fingerprint density at radius 3 is 2.52 bits per heavy atom. The average molecular weight is 401 g/mol. The number of aliphatic imine (C=N–C) groups is 1. The van der Waals surface area contributed by atoms with Crippen LogP contribution in [0.25, 0.3) is 0 Å². The number of hydrogen-bond acceptors (Lipinski definition) is 5. The Morgan fingerprint density at radius 1 is 1.24 bits per heavy atom. The number of aryl methyl sites for hydroxylation is 2. The molecule has 29 heavy (non-hydrogen) atoms. The summed E-state index contributed by atoms with van der Waals surface area (Å²) in [5.41, 5.74) is 4.66. The standard InChI is InChI=1S/C22H32N4O3/c1-7-23-22(24-12-14(2)21-15(3)25-29-16(21)4)26-9-8-17-10-19(27-5)20(28-6)11-18(17)13-26/h10-11,14H,7-9,12-13H2,1-6H3,(H,23,24). The van der Waals surface area contributed by atoms with Crippen LogP contribution in [-0.4, -0.2) is 49.9 Å². The molecule has 0 saturated carbocycles. The maximum atomic E-state index is 5.48. The van der Waals surface area contributed by atoms with E-state index in [9.17, 15) is 0 Å². The van der Waals surface area contributed by atoms with E-state index in [-0.39, 0.29) is 5.92 Å². The summed E-state index contributed by atoms with van der Waals surface area (Å²) in [6.07, 6.45) is 0.944. The number of fused-ring (bicyclic) bond motifs is 1. The minimum Gasteiger partial charge on any atom is -0.493 e. The Hall–Kier alpha value is -2.70. The Morgan fingerprint density at radius 2 is 1.93 bits per heavy atom. The van der Waals surface area contributed by atoms with Crippen molar-refractivity contribution < 1.29 is 14.0 Å². The third-order valence-electron chi connectivity index (χ3n) is 5.45. The van der Waals surface area contributed by atoms with Gasteiger partial charge in [0.1, 0.15) is 5.76 Å². The van der Waals surface area contributed by atoms with Gasteiger partial charge in [-0.25, -0.2) is 0 Å². The van der Waals surface area contributed by atoms with Gasteiger partial charge in [0.25, 0.3) is 0 Å². The summed E-state index contributed by atoms with van der Waals surface area (Å²) in [6, 6.07) is 4.17. The lowest BCUT2D eigenvalue weighted by Crippen LogP contribution is -2.44. The largest absolute Gasteiger partial charge is 0.493 e. The van der Waals surface area contributed by atoms with Gasteiger partial charge in [0, 0.05) is 37.7 Å². The van der Waals surface area contributed by atoms with Crippen molar-refractivity contribution in [2.45, 2.75) is 46.6 Å². The highest BCUT2D eigenvalue weighted by atomic mass is 16.5. The average Bonchev–Trinajstić information content (AvgIpc) is 3.07. The lowest BCUT2D eigenvalue weighted by molar-refractivity contribution is 0.346. The van der Waals surface area contributed by atoms with Crippen LogP contribution >= 0.6 is 0 Å². The molecule has 0 fully saturated rings. The molecule has 1 atom stereocenters. The number of nitrogens with zero attached hydrogens (tertiary/aromatic N) is 3. The molecule has 1 unspecified atom stereocenters. The van der Waals surface area contributed by atoms with Crippen LogP contribution in [-0.2, 0) is 13.0 Å². The molecule has 0 spiro atoms. The second kappa shape index (κ2) is 9.20. The monoisotopic (exact) mass is 400 g/mol. The van der Waals surface area contributed by atoms with Gasteiger partial charge in [0.15, 0.2) is 17.5 Å². The van der Waals surface area contributed by atoms with Gasteiger partial charge < -0.3 is 24.2 Å². The summed E-state index contributed by atoms with van der Waals surface area (Å²) in [5, 5.41) is 7.52. The van der Waals surface area contributed by atoms with Gasteiger partial charge in [-0.1, -0.05) is 12.1 Å². The molecule has 1 aliphatic rings. The zero-order valence-corrected chi connectivity index (χ0v) is 18.3. The first-order valence-electron chi connectivity index (χ1n) is 10.2. The van der Waals surface area contributed by atoms with Crippen LogP contribution in [0.3, 0.4) is 0 Å². The second-order valence-corrected chi connectivity index (χ2v) is 7.48. The van der Waals surface area contributed by atoms with E-state index >= 15 is 0 Å². The summed E-state index contributed by atoms with van der Waals surface area (Å²) in [7, 11) is 3.35. The van der Waals surface area contributed by atoms with Crippen molar-refractivity contribution in [1.29, 1.82) is 0 Å². The number of methoxy groups -OCH3 is 2. The number of hydrogen-bond donors (Lipinski definition) is 1. The lowest BCUT2D eigenvalue weighted by Gasteiger charge is -2.32. The highest BCUT2D eigenvalue weighted by Gasteiger charge is 2.22. The number of guanidine groups is 1. The normalized spacial score (nSPS) is 15.1. The van der Waals surface area contributed by atoms with E-state index in [1.807, 2.05) is 13.8 Å². The number of nitrogens with one attached hydrogen (secondary N) is 1. The van der Waals surface area contributed by atoms with Crippen molar-refractivity contribution in [3.63, 3.8) is 0 Å². The summed E-state index contributed by atoms with van der Waals surface area (Å²) in [4.78, 5) is 7.23. The molecule has 2 heterocycles. The molecule has 0 amide bonds. The minimum atomic E-state index is 0.247. The first-order valence-corrected chi connectivity index (χ1v) is 10.2. The zero-order chi connectivity index (χ0) is 21.0. The minimum absolute atomic E-state index is 0.247. The van der Waals surface area contributed by atoms with Crippen molar-refractivity contribution in [1.82, 2.24) is 15.4 Å². The molecule has 1 aromatic heterocycles. The topological polar surface area (TPSA) is 72.1 Å². The van der Waals surface area contributed by atoms with Gasteiger partial charge in [-0.3, -0.25) is 4.99 Å². The number of rotatable bonds is 6. The van der Waals surface area contributed by atoms with Crippen molar-refractivity contribution >= 4 is 5.96 Å². The summed E-state index contributed by atoms with van der Waals surface area (Å²) in [6.45, 7) is 11.4. The van der Waals surface area contributed by atoms with Crippen LogP contribution in [0.1, 0.15) is 47.9 Å². The first kappa shape index (κ1) is 21.0. The maximum Gasteiger partial charge on any atom is 0.194 e. The van der Waals surface area contributed by atoms with Crippen molar-refractivity contribution in [2.24, 2.45) is 4.99 Å². The predicted molar refractivity (Wildman–Crippen MR) is 114 cm³/mol. The summed E-state index contributed by atoms with van der Waals surface area (Å²) >= 11 is 0. The summed E-state index contributed by atoms with van der Waals surface area (Å²) < 4.78 is 16.3. The van der Waals surface area contributed by atoms with Crippen molar-refractivity contribution in [3.05, 3.63) is 40.3 Å². The van der Waals surface area contributed by atoms with E-state index < -0.39 is 0 Å². The SMILES string of the molecule is CCNC(=NCC(C)c1c(C)noc1C)N1CCc2cc(OC)c(OC)cc2C1. The highest BCUT2D eigenvalue weighted by Crippen LogP contribution is 2.33. The molecule has 158 valence electrons. The zero-order valence-electron chi connectivity index (χ0n) is 18.3. The Kier molecular flexibility index (Phi) is 6.67. The number of benzene rings is 1. The van der Waals surface area contributed by atoms with Gasteiger partial charge in [0.05, 0.1) is 19.9 Å². The molecule has 0 radical (unpaired) electrons. The van der Waals surface area contributed by atoms with E-state index in [1.54, 1.807) is 14.2 Å². The van der Waals surface area contributed by atoms with Crippen LogP contribution < -0.4 is 14.8 Å². The van der Waals surface area contributed by atoms with Crippen LogP contribution in [0.15, 0.2) is 21.6 Å². The molecule has 1 aromatic carbocycles. The Labute approximate surface area is 173 Å². The molecule has 7 nitrogen and oxygen atoms in total. The van der Waals surface area contributed by atoms with Crippen molar-refractivity contribution in [3.8, 4) is 11.5 Å². The molecule has 0 bridgehead atoms. The van der Waals surface area contributed by atoms with Gasteiger partial charge in [-0.15, -0.1) is 0 Å². The highest BCUT2D eigenvalue weighted by molar-refractivity contribution is 5.80. The summed E-state index contributed by atoms with van der Waals surface area (Å²) in [5.74, 6) is 3.61. The quantitative estimate of drug-likeness (QED) is 0.592. The Balaban J connectivity index is 1.78. The van der Waals surface area contributed by atoms with E-state index in [0.29, 0.717) is 6.54 Å². The smallest absolute Gasteiger partial charge is 0.194 e. The first-order chi connectivity index (χ1) is 14.0. The van der Waals surface area contributed by atoms with Crippen LogP contribution in [0.2, 0.25) is 0 Å². The van der Waals surface area contributed by atoms with Crippen LogP contribution in [0, 0.1) is 13.8 Å². The number of aromatic nitrogens is 1. The molecule has 0 aliphatic carbocycles. The van der Waals surface area contributed by atoms with Crippen LogP contribution in [0.5, 0.6) is 11.5 Å². The molecular weight excluding hydrogens is 368 g/mol. The third-order valence-corrected chi connectivity index (χ3v) is 5.45. The molecule has 1 N–H and O–H groups in total. The van der Waals surface area contributed by atoms with E-state index in [4.69, 9.17) is 19.0 Å². The molecule has 3 rings (SSSR count). The molecule has 7 heteroatoms. The van der Waals surface area contributed by atoms with E-state index in [2.05, 4.69) is 41.4 Å². The predicted octanol–water partition coefficient (Wildman–Crippen LogP) is 3.44. The molecule has 1 aliphatic heterocycles. The fraction of sp³-hybridized carbons (Fsp3) is 0.545. The molecule has 0 saturated heterocycles. The Bertz CT molecular complexity index is 856. The third kappa shape index (κ3) is 4.49. The maximum absolute atomic E-state index is 5.48. The van der Waals surface area contributed by atoms with E-state index in [1.165, 1.54) is 11.1 Å². The van der Waals surface area contributed by atoms with Crippen molar-refractivity contribution in [2.75, 3.05) is 33.9 Å². The van der Waals surface area contributed by atoms with E-state index in [0.717, 1.165) is 60.5 Å². The van der Waals surface area contributed by atoms with Gasteiger partial charge in [-0.2, -0.15) is 0 Å². The fourth-order valence-electron chi connectivity index (χ4n) is 4.00. The lowest BCUT2D eigenvalue weighted by atomic mass is 9.99. The molecule has 2 aromatic rings. The van der Waals surface area contributed by atoms with Gasteiger partial charge in [0.2, 0.25) is 0 Å². The number of ether oxygens (including phenoxy) is 2. The van der Waals surface area contributed by atoms with Gasteiger partial charge in [-0.05, 0) is 50.5 Å². The second-order valence-electron chi connectivity index (χ2n) is 7.48. The molecular formula is C22H32N4O3. The fourth-order valence-corrected chi connectivity index (χ4v) is 4.00. The van der Waals surface area contributed by atoms with Crippen LogP contribution in [0.4, 0.5) is 0 Å². The van der Waals surface area contributed by atoms with Gasteiger partial charge >= 0.3 is 0 Å².